The van der Waals surface area contributed by atoms with E-state index in [9.17, 15) is 0 Å². The molecule has 1 aliphatic carbocycles. The Bertz CT molecular complexity index is 320. The van der Waals surface area contributed by atoms with Crippen LogP contribution in [0.3, 0.4) is 0 Å². The molecule has 0 aromatic carbocycles. The van der Waals surface area contributed by atoms with Gasteiger partial charge >= 0.3 is 0 Å². The Balaban J connectivity index is 1.53. The summed E-state index contributed by atoms with van der Waals surface area (Å²) in [5.74, 6) is 0. The van der Waals surface area contributed by atoms with Crippen LogP contribution >= 0.6 is 0 Å². The van der Waals surface area contributed by atoms with Gasteiger partial charge in [-0.3, -0.25) is 4.98 Å². The van der Waals surface area contributed by atoms with Crippen molar-refractivity contribution in [1.82, 2.24) is 15.2 Å². The lowest BCUT2D eigenvalue weighted by atomic mass is 10.2. The second kappa shape index (κ2) is 7.49. The lowest BCUT2D eigenvalue weighted by molar-refractivity contribution is 0.246. The smallest absolute Gasteiger partial charge is 0.0416 e. The van der Waals surface area contributed by atoms with Crippen LogP contribution in [0, 0.1) is 0 Å². The van der Waals surface area contributed by atoms with Crippen LogP contribution in [-0.2, 0) is 6.42 Å². The third-order valence-corrected chi connectivity index (χ3v) is 3.87. The van der Waals surface area contributed by atoms with Crippen LogP contribution in [0.5, 0.6) is 0 Å². The first-order valence-electron chi connectivity index (χ1n) is 7.17. The van der Waals surface area contributed by atoms with E-state index in [0.29, 0.717) is 0 Å². The molecule has 100 valence electrons. The fraction of sp³-hybridized carbons (Fsp3) is 0.667. The molecule has 0 saturated heterocycles. The molecule has 1 heterocycles. The first kappa shape index (κ1) is 13.5. The predicted molar refractivity (Wildman–Crippen MR) is 75.7 cm³/mol. The Hall–Kier alpha value is -0.930. The van der Waals surface area contributed by atoms with E-state index in [0.717, 1.165) is 32.1 Å². The zero-order chi connectivity index (χ0) is 12.6. The number of rotatable bonds is 7. The first-order valence-corrected chi connectivity index (χ1v) is 7.17. The number of hydrogen-bond donors (Lipinski definition) is 1. The van der Waals surface area contributed by atoms with Gasteiger partial charge in [-0.25, -0.2) is 0 Å². The summed E-state index contributed by atoms with van der Waals surface area (Å²) in [5.41, 5.74) is 1.18. The Kier molecular flexibility index (Phi) is 5.62. The maximum Gasteiger partial charge on any atom is 0.0416 e. The van der Waals surface area contributed by atoms with Crippen LogP contribution in [-0.4, -0.2) is 42.6 Å². The fourth-order valence-corrected chi connectivity index (χ4v) is 2.67. The highest BCUT2D eigenvalue weighted by Gasteiger charge is 2.18. The van der Waals surface area contributed by atoms with Gasteiger partial charge in [-0.2, -0.15) is 0 Å². The van der Waals surface area contributed by atoms with E-state index >= 15 is 0 Å². The lowest BCUT2D eigenvalue weighted by Crippen LogP contribution is -2.36. The van der Waals surface area contributed by atoms with Crippen LogP contribution in [0.4, 0.5) is 0 Å². The summed E-state index contributed by atoms with van der Waals surface area (Å²) >= 11 is 0. The number of hydrogen-bond acceptors (Lipinski definition) is 3. The monoisotopic (exact) mass is 247 g/mol. The molecule has 3 heteroatoms. The van der Waals surface area contributed by atoms with Gasteiger partial charge in [0.05, 0.1) is 0 Å². The van der Waals surface area contributed by atoms with Crippen molar-refractivity contribution in [3.05, 3.63) is 30.1 Å². The normalized spacial score (nSPS) is 16.6. The Morgan fingerprint density at radius 1 is 1.28 bits per heavy atom. The number of nitrogens with one attached hydrogen (secondary N) is 1. The zero-order valence-electron chi connectivity index (χ0n) is 11.4. The molecule has 1 aromatic heterocycles. The highest BCUT2D eigenvalue weighted by molar-refractivity contribution is 5.03. The van der Waals surface area contributed by atoms with Crippen molar-refractivity contribution in [3.63, 3.8) is 0 Å². The molecule has 18 heavy (non-hydrogen) atoms. The van der Waals surface area contributed by atoms with Gasteiger partial charge in [0.2, 0.25) is 0 Å². The highest BCUT2D eigenvalue weighted by Crippen LogP contribution is 2.21. The van der Waals surface area contributed by atoms with Crippen molar-refractivity contribution in [2.45, 2.75) is 38.1 Å². The van der Waals surface area contributed by atoms with Crippen molar-refractivity contribution in [1.29, 1.82) is 0 Å². The predicted octanol–water partition coefficient (Wildman–Crippen LogP) is 2.09. The van der Waals surface area contributed by atoms with Crippen LogP contribution in [0.15, 0.2) is 24.4 Å². The number of pyridine rings is 1. The van der Waals surface area contributed by atoms with Gasteiger partial charge < -0.3 is 10.2 Å². The van der Waals surface area contributed by atoms with E-state index in [2.05, 4.69) is 34.4 Å². The molecule has 1 N–H and O–H groups in total. The number of aromatic nitrogens is 1. The molecule has 0 spiro atoms. The van der Waals surface area contributed by atoms with E-state index < -0.39 is 0 Å². The number of likely N-dealkylation sites (N-methyl/N-ethyl adjacent to an activating group) is 1. The van der Waals surface area contributed by atoms with Gasteiger partial charge in [0.1, 0.15) is 0 Å². The van der Waals surface area contributed by atoms with Gasteiger partial charge in [-0.05, 0) is 32.0 Å². The fourth-order valence-electron chi connectivity index (χ4n) is 2.67. The SMILES string of the molecule is CN(CCNCCc1ccccn1)C1CCCC1. The summed E-state index contributed by atoms with van der Waals surface area (Å²) in [6, 6.07) is 6.94. The number of nitrogens with zero attached hydrogens (tertiary/aromatic N) is 2. The first-order chi connectivity index (χ1) is 8.86. The third kappa shape index (κ3) is 4.39. The molecule has 0 amide bonds. The van der Waals surface area contributed by atoms with Crippen molar-refractivity contribution in [3.8, 4) is 0 Å². The lowest BCUT2D eigenvalue weighted by Gasteiger charge is -2.23. The van der Waals surface area contributed by atoms with Crippen LogP contribution < -0.4 is 5.32 Å². The van der Waals surface area contributed by atoms with E-state index in [1.165, 1.54) is 31.4 Å². The standard InChI is InChI=1S/C15H25N3/c1-18(15-7-2-3-8-15)13-12-16-11-9-14-6-4-5-10-17-14/h4-6,10,15-16H,2-3,7-9,11-13H2,1H3. The molecule has 0 bridgehead atoms. The third-order valence-electron chi connectivity index (χ3n) is 3.87. The molecular formula is C15H25N3. The van der Waals surface area contributed by atoms with E-state index in [1.807, 2.05) is 12.3 Å². The molecule has 0 atom stereocenters. The summed E-state index contributed by atoms with van der Waals surface area (Å²) < 4.78 is 0. The molecule has 3 nitrogen and oxygen atoms in total. The zero-order valence-corrected chi connectivity index (χ0v) is 11.4. The van der Waals surface area contributed by atoms with Gasteiger partial charge in [-0.1, -0.05) is 18.9 Å². The topological polar surface area (TPSA) is 28.2 Å². The maximum absolute atomic E-state index is 4.32. The summed E-state index contributed by atoms with van der Waals surface area (Å²) in [7, 11) is 2.26. The summed E-state index contributed by atoms with van der Waals surface area (Å²) in [6.07, 6.45) is 8.51. The maximum atomic E-state index is 4.32. The summed E-state index contributed by atoms with van der Waals surface area (Å²) in [6.45, 7) is 3.27. The average Bonchev–Trinajstić information content (AvgIpc) is 2.93. The minimum absolute atomic E-state index is 0.836. The molecule has 0 unspecified atom stereocenters. The van der Waals surface area contributed by atoms with Gasteiger partial charge in [0, 0.05) is 44.0 Å². The average molecular weight is 247 g/mol. The van der Waals surface area contributed by atoms with Crippen molar-refractivity contribution < 1.29 is 0 Å². The van der Waals surface area contributed by atoms with E-state index in [-0.39, 0.29) is 0 Å². The molecular weight excluding hydrogens is 222 g/mol. The summed E-state index contributed by atoms with van der Waals surface area (Å²) in [5, 5.41) is 3.51. The molecule has 2 rings (SSSR count). The van der Waals surface area contributed by atoms with Crippen molar-refractivity contribution in [2.75, 3.05) is 26.7 Å². The summed E-state index contributed by atoms with van der Waals surface area (Å²) in [4.78, 5) is 6.84. The van der Waals surface area contributed by atoms with Crippen molar-refractivity contribution in [2.24, 2.45) is 0 Å². The molecule has 0 aliphatic heterocycles. The molecule has 0 radical (unpaired) electrons. The van der Waals surface area contributed by atoms with Gasteiger partial charge in [-0.15, -0.1) is 0 Å². The Labute approximate surface area is 111 Å². The van der Waals surface area contributed by atoms with Crippen LogP contribution in [0.2, 0.25) is 0 Å². The van der Waals surface area contributed by atoms with Gasteiger partial charge in [0.25, 0.3) is 0 Å². The second-order valence-corrected chi connectivity index (χ2v) is 5.24. The van der Waals surface area contributed by atoms with Gasteiger partial charge in [0.15, 0.2) is 0 Å². The molecule has 1 saturated carbocycles. The molecule has 1 aliphatic rings. The molecule has 1 aromatic rings. The highest BCUT2D eigenvalue weighted by atomic mass is 15.1. The Morgan fingerprint density at radius 3 is 2.83 bits per heavy atom. The van der Waals surface area contributed by atoms with Crippen molar-refractivity contribution >= 4 is 0 Å². The molecule has 1 fully saturated rings. The van der Waals surface area contributed by atoms with Crippen LogP contribution in [0.25, 0.3) is 0 Å². The van der Waals surface area contributed by atoms with Crippen LogP contribution in [0.1, 0.15) is 31.4 Å². The Morgan fingerprint density at radius 2 is 2.11 bits per heavy atom. The minimum atomic E-state index is 0.836. The second-order valence-electron chi connectivity index (χ2n) is 5.24. The van der Waals surface area contributed by atoms with E-state index in [4.69, 9.17) is 0 Å². The quantitative estimate of drug-likeness (QED) is 0.748. The largest absolute Gasteiger partial charge is 0.315 e. The van der Waals surface area contributed by atoms with E-state index in [1.54, 1.807) is 0 Å². The minimum Gasteiger partial charge on any atom is -0.315 e.